The molecule has 3 atom stereocenters. The fourth-order valence-corrected chi connectivity index (χ4v) is 3.70. The van der Waals surface area contributed by atoms with Crippen LogP contribution in [0.25, 0.3) is 0 Å². The van der Waals surface area contributed by atoms with E-state index in [1.165, 1.54) is 17.7 Å². The first-order valence-electron chi connectivity index (χ1n) is 8.97. The highest BCUT2D eigenvalue weighted by molar-refractivity contribution is 5.34. The van der Waals surface area contributed by atoms with Crippen molar-refractivity contribution < 1.29 is 9.13 Å². The van der Waals surface area contributed by atoms with Crippen molar-refractivity contribution in [1.82, 2.24) is 15.1 Å². The third-order valence-corrected chi connectivity index (χ3v) is 5.36. The maximum Gasteiger partial charge on any atom is 0.141 e. The Bertz CT molecular complexity index is 839. The predicted molar refractivity (Wildman–Crippen MR) is 97.0 cm³/mol. The lowest BCUT2D eigenvalue weighted by atomic mass is 9.93. The third-order valence-electron chi connectivity index (χ3n) is 5.36. The summed E-state index contributed by atoms with van der Waals surface area (Å²) in [5, 5.41) is 16.9. The molecule has 1 aromatic heterocycles. The standard InChI is InChI=1S/C20H25FN4O/c1-12(15-5-6-16(10-22)18(21)9-15)23-11-17-7-8-26-20(17)19-13(2)24-25(4)14(19)3/h5-6,9,12,17,20,23H,7-8,11H2,1-4H3/t12?,17-,20+/m1/s1. The van der Waals surface area contributed by atoms with Crippen LogP contribution in [0.4, 0.5) is 4.39 Å². The van der Waals surface area contributed by atoms with Crippen LogP contribution in [-0.4, -0.2) is 22.9 Å². The molecule has 1 aromatic carbocycles. The molecule has 0 radical (unpaired) electrons. The lowest BCUT2D eigenvalue weighted by Gasteiger charge is -2.22. The number of nitrogens with zero attached hydrogens (tertiary/aromatic N) is 3. The van der Waals surface area contributed by atoms with Crippen molar-refractivity contribution in [2.45, 2.75) is 39.3 Å². The van der Waals surface area contributed by atoms with Gasteiger partial charge in [0.15, 0.2) is 0 Å². The number of hydrogen-bond acceptors (Lipinski definition) is 4. The molecule has 26 heavy (non-hydrogen) atoms. The molecule has 0 amide bonds. The molecule has 6 heteroatoms. The van der Waals surface area contributed by atoms with Crippen molar-refractivity contribution in [3.05, 3.63) is 52.1 Å². The zero-order chi connectivity index (χ0) is 18.8. The molecule has 1 aliphatic rings. The Balaban J connectivity index is 1.68. The van der Waals surface area contributed by atoms with Gasteiger partial charge >= 0.3 is 0 Å². The summed E-state index contributed by atoms with van der Waals surface area (Å²) in [6.07, 6.45) is 1.03. The molecular weight excluding hydrogens is 331 g/mol. The van der Waals surface area contributed by atoms with Gasteiger partial charge in [0, 0.05) is 43.4 Å². The Morgan fingerprint density at radius 2 is 2.23 bits per heavy atom. The fraction of sp³-hybridized carbons (Fsp3) is 0.500. The molecule has 138 valence electrons. The summed E-state index contributed by atoms with van der Waals surface area (Å²) in [5.74, 6) is -0.121. The van der Waals surface area contributed by atoms with Gasteiger partial charge in [0.2, 0.25) is 0 Å². The van der Waals surface area contributed by atoms with E-state index in [1.807, 2.05) is 31.6 Å². The number of aromatic nitrogens is 2. The van der Waals surface area contributed by atoms with E-state index in [4.69, 9.17) is 10.00 Å². The molecular formula is C20H25FN4O. The van der Waals surface area contributed by atoms with Gasteiger partial charge in [-0.2, -0.15) is 10.4 Å². The number of nitriles is 1. The molecule has 2 aromatic rings. The van der Waals surface area contributed by atoms with Gasteiger partial charge in [-0.3, -0.25) is 4.68 Å². The average Bonchev–Trinajstić information content (AvgIpc) is 3.16. The number of halogens is 1. The van der Waals surface area contributed by atoms with Crippen LogP contribution in [0, 0.1) is 36.9 Å². The highest BCUT2D eigenvalue weighted by Gasteiger charge is 2.33. The van der Waals surface area contributed by atoms with Crippen molar-refractivity contribution in [3.63, 3.8) is 0 Å². The second-order valence-corrected chi connectivity index (χ2v) is 7.03. The largest absolute Gasteiger partial charge is 0.373 e. The second kappa shape index (κ2) is 7.56. The van der Waals surface area contributed by atoms with Gasteiger partial charge in [0.05, 0.1) is 17.4 Å². The van der Waals surface area contributed by atoms with Crippen LogP contribution in [-0.2, 0) is 11.8 Å². The minimum absolute atomic E-state index is 0.00501. The van der Waals surface area contributed by atoms with E-state index in [2.05, 4.69) is 17.3 Å². The van der Waals surface area contributed by atoms with E-state index < -0.39 is 5.82 Å². The van der Waals surface area contributed by atoms with Crippen molar-refractivity contribution in [3.8, 4) is 6.07 Å². The Kier molecular flexibility index (Phi) is 5.40. The Hall–Kier alpha value is -2.23. The van der Waals surface area contributed by atoms with Crippen LogP contribution in [0.15, 0.2) is 18.2 Å². The van der Waals surface area contributed by atoms with E-state index in [9.17, 15) is 4.39 Å². The van der Waals surface area contributed by atoms with Gasteiger partial charge in [-0.25, -0.2) is 4.39 Å². The highest BCUT2D eigenvalue weighted by Crippen LogP contribution is 2.37. The SMILES string of the molecule is Cc1nn(C)c(C)c1[C@H]1OCC[C@@H]1CNC(C)c1ccc(C#N)c(F)c1. The molecule has 1 fully saturated rings. The van der Waals surface area contributed by atoms with Crippen LogP contribution < -0.4 is 5.32 Å². The molecule has 2 heterocycles. The summed E-state index contributed by atoms with van der Waals surface area (Å²) in [6.45, 7) is 7.62. The zero-order valence-corrected chi connectivity index (χ0v) is 15.7. The minimum atomic E-state index is -0.470. The molecule has 1 aliphatic heterocycles. The van der Waals surface area contributed by atoms with Crippen LogP contribution in [0.5, 0.6) is 0 Å². The summed E-state index contributed by atoms with van der Waals surface area (Å²) in [4.78, 5) is 0. The predicted octanol–water partition coefficient (Wildman–Crippen LogP) is 3.48. The van der Waals surface area contributed by atoms with E-state index >= 15 is 0 Å². The first-order valence-corrected chi connectivity index (χ1v) is 8.97. The number of nitrogens with one attached hydrogen (secondary N) is 1. The van der Waals surface area contributed by atoms with Gasteiger partial charge in [0.1, 0.15) is 11.9 Å². The zero-order valence-electron chi connectivity index (χ0n) is 15.7. The Labute approximate surface area is 153 Å². The second-order valence-electron chi connectivity index (χ2n) is 7.03. The summed E-state index contributed by atoms with van der Waals surface area (Å²) in [6, 6.07) is 6.63. The fourth-order valence-electron chi connectivity index (χ4n) is 3.70. The van der Waals surface area contributed by atoms with Crippen LogP contribution in [0.3, 0.4) is 0 Å². The third kappa shape index (κ3) is 3.50. The van der Waals surface area contributed by atoms with Crippen LogP contribution in [0.1, 0.15) is 53.6 Å². The van der Waals surface area contributed by atoms with E-state index in [0.717, 1.165) is 36.5 Å². The van der Waals surface area contributed by atoms with Crippen molar-refractivity contribution in [1.29, 1.82) is 5.26 Å². The lowest BCUT2D eigenvalue weighted by Crippen LogP contribution is -2.28. The van der Waals surface area contributed by atoms with Gasteiger partial charge in [-0.15, -0.1) is 0 Å². The molecule has 0 saturated carbocycles. The van der Waals surface area contributed by atoms with Crippen molar-refractivity contribution in [2.75, 3.05) is 13.2 Å². The summed E-state index contributed by atoms with van der Waals surface area (Å²) in [7, 11) is 1.95. The van der Waals surface area contributed by atoms with Gasteiger partial charge in [-0.1, -0.05) is 6.07 Å². The monoisotopic (exact) mass is 356 g/mol. The van der Waals surface area contributed by atoms with Gasteiger partial charge in [-0.05, 0) is 44.9 Å². The van der Waals surface area contributed by atoms with E-state index in [0.29, 0.717) is 5.92 Å². The smallest absolute Gasteiger partial charge is 0.141 e. The number of aryl methyl sites for hydroxylation is 2. The molecule has 0 aliphatic carbocycles. The summed E-state index contributed by atoms with van der Waals surface area (Å²) >= 11 is 0. The van der Waals surface area contributed by atoms with Gasteiger partial charge < -0.3 is 10.1 Å². The van der Waals surface area contributed by atoms with Crippen LogP contribution >= 0.6 is 0 Å². The molecule has 1 unspecified atom stereocenters. The maximum absolute atomic E-state index is 13.8. The summed E-state index contributed by atoms with van der Waals surface area (Å²) < 4.78 is 21.8. The van der Waals surface area contributed by atoms with Crippen molar-refractivity contribution >= 4 is 0 Å². The quantitative estimate of drug-likeness (QED) is 0.891. The first kappa shape index (κ1) is 18.6. The Morgan fingerprint density at radius 1 is 1.46 bits per heavy atom. The minimum Gasteiger partial charge on any atom is -0.373 e. The number of ether oxygens (including phenoxy) is 1. The molecule has 3 rings (SSSR count). The lowest BCUT2D eigenvalue weighted by molar-refractivity contribution is 0.0888. The molecule has 0 bridgehead atoms. The Morgan fingerprint density at radius 3 is 2.85 bits per heavy atom. The van der Waals surface area contributed by atoms with Crippen LogP contribution in [0.2, 0.25) is 0 Å². The topological polar surface area (TPSA) is 62.9 Å². The highest BCUT2D eigenvalue weighted by atomic mass is 19.1. The van der Waals surface area contributed by atoms with Gasteiger partial charge in [0.25, 0.3) is 0 Å². The number of rotatable bonds is 5. The normalized spacial score (nSPS) is 20.9. The molecule has 1 N–H and O–H groups in total. The number of benzene rings is 1. The maximum atomic E-state index is 13.8. The molecule has 1 saturated heterocycles. The molecule has 5 nitrogen and oxygen atoms in total. The van der Waals surface area contributed by atoms with E-state index in [1.54, 1.807) is 6.07 Å². The van der Waals surface area contributed by atoms with Crippen molar-refractivity contribution in [2.24, 2.45) is 13.0 Å². The van der Waals surface area contributed by atoms with E-state index in [-0.39, 0.29) is 17.7 Å². The summed E-state index contributed by atoms with van der Waals surface area (Å²) in [5.41, 5.74) is 4.26. The first-order chi connectivity index (χ1) is 12.4. The average molecular weight is 356 g/mol. The number of hydrogen-bond donors (Lipinski definition) is 1. The molecule has 0 spiro atoms.